The molecule has 1 fully saturated rings. The fraction of sp³-hybridized carbons (Fsp3) is 0.500. The molecule has 0 radical (unpaired) electrons. The number of nitrogens with two attached hydrogens (primary N) is 1. The van der Waals surface area contributed by atoms with E-state index in [-0.39, 0.29) is 0 Å². The maximum absolute atomic E-state index is 5.79. The van der Waals surface area contributed by atoms with E-state index in [1.165, 1.54) is 18.5 Å². The summed E-state index contributed by atoms with van der Waals surface area (Å²) in [6, 6.07) is 8.43. The van der Waals surface area contributed by atoms with Crippen molar-refractivity contribution in [1.82, 2.24) is 0 Å². The van der Waals surface area contributed by atoms with Gasteiger partial charge in [-0.15, -0.1) is 0 Å². The molecule has 0 aromatic heterocycles. The van der Waals surface area contributed by atoms with Gasteiger partial charge in [-0.3, -0.25) is 0 Å². The lowest BCUT2D eigenvalue weighted by Gasteiger charge is -2.24. The first-order valence-corrected chi connectivity index (χ1v) is 6.11. The first-order valence-electron chi connectivity index (χ1n) is 5.32. The topological polar surface area (TPSA) is 29.3 Å². The molecule has 15 heavy (non-hydrogen) atoms. The summed E-state index contributed by atoms with van der Waals surface area (Å²) in [5, 5.41) is 0. The standard InChI is InChI=1S/C12H17BrN2/c1-15(9-12(8-14)6-7-12)11-4-2-10(13)3-5-11/h2-5H,6-9,14H2,1H3. The number of nitrogens with zero attached hydrogens (tertiary/aromatic N) is 1. The molecule has 2 N–H and O–H groups in total. The van der Waals surface area contributed by atoms with E-state index in [0.717, 1.165) is 17.6 Å². The molecular weight excluding hydrogens is 252 g/mol. The predicted octanol–water partition coefficient (Wildman–Crippen LogP) is 2.62. The molecule has 2 nitrogen and oxygen atoms in total. The Balaban J connectivity index is 2.01. The molecule has 0 bridgehead atoms. The molecule has 0 heterocycles. The average Bonchev–Trinajstić information content (AvgIpc) is 2.99. The van der Waals surface area contributed by atoms with Gasteiger partial charge in [0.2, 0.25) is 0 Å². The van der Waals surface area contributed by atoms with Gasteiger partial charge < -0.3 is 10.6 Å². The van der Waals surface area contributed by atoms with Gasteiger partial charge in [-0.1, -0.05) is 15.9 Å². The van der Waals surface area contributed by atoms with Gasteiger partial charge >= 0.3 is 0 Å². The first-order chi connectivity index (χ1) is 7.15. The molecule has 1 aromatic carbocycles. The summed E-state index contributed by atoms with van der Waals surface area (Å²) >= 11 is 3.44. The zero-order valence-electron chi connectivity index (χ0n) is 9.04. The molecule has 0 aliphatic heterocycles. The van der Waals surface area contributed by atoms with Crippen molar-refractivity contribution in [1.29, 1.82) is 0 Å². The minimum atomic E-state index is 0.405. The van der Waals surface area contributed by atoms with Crippen LogP contribution in [0.5, 0.6) is 0 Å². The third-order valence-corrected chi connectivity index (χ3v) is 3.76. The highest BCUT2D eigenvalue weighted by Gasteiger charge is 2.41. The van der Waals surface area contributed by atoms with Crippen molar-refractivity contribution < 1.29 is 0 Å². The predicted molar refractivity (Wildman–Crippen MR) is 68.1 cm³/mol. The third kappa shape index (κ3) is 2.52. The third-order valence-electron chi connectivity index (χ3n) is 3.23. The Morgan fingerprint density at radius 3 is 2.40 bits per heavy atom. The Bertz CT molecular complexity index is 330. The molecule has 2 rings (SSSR count). The van der Waals surface area contributed by atoms with Gasteiger partial charge in [0.25, 0.3) is 0 Å². The Hall–Kier alpha value is -0.540. The Kier molecular flexibility index (Phi) is 3.03. The van der Waals surface area contributed by atoms with E-state index in [4.69, 9.17) is 5.73 Å². The van der Waals surface area contributed by atoms with Gasteiger partial charge in [-0.2, -0.15) is 0 Å². The van der Waals surface area contributed by atoms with Crippen LogP contribution < -0.4 is 10.6 Å². The zero-order valence-corrected chi connectivity index (χ0v) is 10.6. The smallest absolute Gasteiger partial charge is 0.0364 e. The summed E-state index contributed by atoms with van der Waals surface area (Å²) in [6.07, 6.45) is 2.56. The summed E-state index contributed by atoms with van der Waals surface area (Å²) < 4.78 is 1.12. The summed E-state index contributed by atoms with van der Waals surface area (Å²) in [5.41, 5.74) is 7.45. The minimum Gasteiger partial charge on any atom is -0.374 e. The quantitative estimate of drug-likeness (QED) is 0.910. The van der Waals surface area contributed by atoms with Crippen LogP contribution in [-0.4, -0.2) is 20.1 Å². The highest BCUT2D eigenvalue weighted by atomic mass is 79.9. The van der Waals surface area contributed by atoms with E-state index >= 15 is 0 Å². The monoisotopic (exact) mass is 268 g/mol. The summed E-state index contributed by atoms with van der Waals surface area (Å²) in [7, 11) is 2.14. The lowest BCUT2D eigenvalue weighted by atomic mass is 10.1. The average molecular weight is 269 g/mol. The highest BCUT2D eigenvalue weighted by Crippen LogP contribution is 2.45. The molecule has 0 amide bonds. The second kappa shape index (κ2) is 4.14. The van der Waals surface area contributed by atoms with Crippen molar-refractivity contribution in [3.8, 4) is 0 Å². The van der Waals surface area contributed by atoms with E-state index in [0.29, 0.717) is 5.41 Å². The Morgan fingerprint density at radius 2 is 1.93 bits per heavy atom. The van der Waals surface area contributed by atoms with Gasteiger partial charge in [0, 0.05) is 29.2 Å². The van der Waals surface area contributed by atoms with Crippen molar-refractivity contribution in [2.24, 2.45) is 11.1 Å². The molecule has 1 saturated carbocycles. The van der Waals surface area contributed by atoms with E-state index in [2.05, 4.69) is 52.1 Å². The van der Waals surface area contributed by atoms with Crippen LogP contribution >= 0.6 is 15.9 Å². The highest BCUT2D eigenvalue weighted by molar-refractivity contribution is 9.10. The van der Waals surface area contributed by atoms with Crippen molar-refractivity contribution in [2.45, 2.75) is 12.8 Å². The van der Waals surface area contributed by atoms with Crippen molar-refractivity contribution in [3.05, 3.63) is 28.7 Å². The molecule has 0 atom stereocenters. The molecule has 82 valence electrons. The second-order valence-corrected chi connectivity index (χ2v) is 5.45. The summed E-state index contributed by atoms with van der Waals surface area (Å²) in [6.45, 7) is 1.89. The SMILES string of the molecule is CN(CC1(CN)CC1)c1ccc(Br)cc1. The maximum Gasteiger partial charge on any atom is 0.0364 e. The van der Waals surface area contributed by atoms with E-state index in [1.54, 1.807) is 0 Å². The fourth-order valence-corrected chi connectivity index (χ4v) is 2.16. The van der Waals surface area contributed by atoms with Gasteiger partial charge in [0.05, 0.1) is 0 Å². The number of benzene rings is 1. The van der Waals surface area contributed by atoms with Gasteiger partial charge in [0.15, 0.2) is 0 Å². The van der Waals surface area contributed by atoms with E-state index in [9.17, 15) is 0 Å². The van der Waals surface area contributed by atoms with E-state index < -0.39 is 0 Å². The number of anilines is 1. The largest absolute Gasteiger partial charge is 0.374 e. The molecule has 0 spiro atoms. The lowest BCUT2D eigenvalue weighted by molar-refractivity contribution is 0.523. The maximum atomic E-state index is 5.79. The molecule has 0 saturated heterocycles. The molecular formula is C12H17BrN2. The molecule has 1 aliphatic carbocycles. The Morgan fingerprint density at radius 1 is 1.33 bits per heavy atom. The normalized spacial score (nSPS) is 17.5. The second-order valence-electron chi connectivity index (χ2n) is 4.54. The fourth-order valence-electron chi connectivity index (χ4n) is 1.89. The van der Waals surface area contributed by atoms with Crippen LogP contribution in [-0.2, 0) is 0 Å². The molecule has 3 heteroatoms. The van der Waals surface area contributed by atoms with Gasteiger partial charge in [-0.05, 0) is 43.7 Å². The van der Waals surface area contributed by atoms with Crippen molar-refractivity contribution in [2.75, 3.05) is 25.0 Å². The van der Waals surface area contributed by atoms with Crippen LogP contribution in [0.3, 0.4) is 0 Å². The van der Waals surface area contributed by atoms with Crippen molar-refractivity contribution >= 4 is 21.6 Å². The van der Waals surface area contributed by atoms with Gasteiger partial charge in [0.1, 0.15) is 0 Å². The summed E-state index contributed by atoms with van der Waals surface area (Å²) in [4.78, 5) is 2.30. The van der Waals surface area contributed by atoms with Crippen LogP contribution in [0.4, 0.5) is 5.69 Å². The van der Waals surface area contributed by atoms with Gasteiger partial charge in [-0.25, -0.2) is 0 Å². The summed E-state index contributed by atoms with van der Waals surface area (Å²) in [5.74, 6) is 0. The molecule has 0 unspecified atom stereocenters. The first kappa shape index (κ1) is 11.0. The van der Waals surface area contributed by atoms with Crippen LogP contribution in [0.2, 0.25) is 0 Å². The van der Waals surface area contributed by atoms with E-state index in [1.807, 2.05) is 0 Å². The number of hydrogen-bond donors (Lipinski definition) is 1. The van der Waals surface area contributed by atoms with Crippen LogP contribution in [0.1, 0.15) is 12.8 Å². The Labute approximate surface area is 99.6 Å². The molecule has 1 aromatic rings. The molecule has 1 aliphatic rings. The van der Waals surface area contributed by atoms with Crippen molar-refractivity contribution in [3.63, 3.8) is 0 Å². The minimum absolute atomic E-state index is 0.405. The lowest BCUT2D eigenvalue weighted by Crippen LogP contribution is -2.31. The number of halogens is 1. The number of hydrogen-bond acceptors (Lipinski definition) is 2. The number of rotatable bonds is 4. The van der Waals surface area contributed by atoms with Crippen LogP contribution in [0.25, 0.3) is 0 Å². The van der Waals surface area contributed by atoms with Crippen LogP contribution in [0.15, 0.2) is 28.7 Å². The van der Waals surface area contributed by atoms with Crippen LogP contribution in [0, 0.1) is 5.41 Å². The zero-order chi connectivity index (χ0) is 10.9.